The van der Waals surface area contributed by atoms with E-state index in [1.54, 1.807) is 0 Å². The molecule has 3 nitrogen and oxygen atoms in total. The zero-order chi connectivity index (χ0) is 15.6. The third-order valence-corrected chi connectivity index (χ3v) is 7.69. The van der Waals surface area contributed by atoms with Gasteiger partial charge in [-0.1, -0.05) is 6.42 Å². The summed E-state index contributed by atoms with van der Waals surface area (Å²) in [5.74, 6) is 3.68. The Kier molecular flexibility index (Phi) is 3.35. The lowest BCUT2D eigenvalue weighted by Gasteiger charge is -2.29. The first-order valence-corrected chi connectivity index (χ1v) is 10.1. The molecule has 3 aliphatic carbocycles. The van der Waals surface area contributed by atoms with Crippen LogP contribution in [0.2, 0.25) is 5.28 Å². The van der Waals surface area contributed by atoms with Gasteiger partial charge < -0.3 is 5.32 Å². The maximum atomic E-state index is 6.20. The minimum absolute atomic E-state index is 0.375. The number of rotatable bonds is 3. The van der Waals surface area contributed by atoms with Crippen LogP contribution in [0.1, 0.15) is 49.5 Å². The van der Waals surface area contributed by atoms with Gasteiger partial charge in [-0.05, 0) is 80.4 Å². The Labute approximate surface area is 145 Å². The minimum atomic E-state index is 0.375. The standard InChI is InChI=1S/C18H22ClN3S/c1-9(13-8-10-5-6-11(13)7-10)20-16-15-12-3-2-4-14(12)23-17(15)22-18(19)21-16/h9-11,13H,2-8H2,1H3,(H,20,21,22). The predicted octanol–water partition coefficient (Wildman–Crippen LogP) is 5.07. The van der Waals surface area contributed by atoms with Gasteiger partial charge in [-0.2, -0.15) is 0 Å². The van der Waals surface area contributed by atoms with Crippen LogP contribution in [0.3, 0.4) is 0 Å². The lowest BCUT2D eigenvalue weighted by Crippen LogP contribution is -2.30. The molecule has 23 heavy (non-hydrogen) atoms. The van der Waals surface area contributed by atoms with E-state index in [9.17, 15) is 0 Å². The first-order valence-electron chi connectivity index (χ1n) is 8.93. The normalized spacial score (nSPS) is 30.1. The van der Waals surface area contributed by atoms with Crippen LogP contribution < -0.4 is 5.32 Å². The van der Waals surface area contributed by atoms with Crippen molar-refractivity contribution in [3.63, 3.8) is 0 Å². The van der Waals surface area contributed by atoms with Crippen LogP contribution in [0.4, 0.5) is 5.82 Å². The number of aryl methyl sites for hydroxylation is 2. The van der Waals surface area contributed by atoms with Gasteiger partial charge in [-0.15, -0.1) is 11.3 Å². The van der Waals surface area contributed by atoms with Crippen molar-refractivity contribution in [3.05, 3.63) is 15.7 Å². The molecule has 2 fully saturated rings. The first kappa shape index (κ1) is 14.5. The zero-order valence-corrected chi connectivity index (χ0v) is 15.0. The van der Waals surface area contributed by atoms with Gasteiger partial charge in [-0.25, -0.2) is 9.97 Å². The van der Waals surface area contributed by atoms with Crippen molar-refractivity contribution < 1.29 is 0 Å². The van der Waals surface area contributed by atoms with Crippen LogP contribution in [0, 0.1) is 17.8 Å². The van der Waals surface area contributed by atoms with E-state index in [-0.39, 0.29) is 0 Å². The second-order valence-electron chi connectivity index (χ2n) is 7.65. The topological polar surface area (TPSA) is 37.8 Å². The van der Waals surface area contributed by atoms with Crippen molar-refractivity contribution >= 4 is 39.0 Å². The third kappa shape index (κ3) is 2.29. The molecule has 0 aromatic carbocycles. The smallest absolute Gasteiger partial charge is 0.225 e. The Balaban J connectivity index is 1.50. The summed E-state index contributed by atoms with van der Waals surface area (Å²) in [6.07, 6.45) is 9.34. The lowest BCUT2D eigenvalue weighted by atomic mass is 9.84. The van der Waals surface area contributed by atoms with E-state index in [1.807, 2.05) is 11.3 Å². The molecule has 4 atom stereocenters. The second-order valence-corrected chi connectivity index (χ2v) is 9.07. The van der Waals surface area contributed by atoms with Crippen LogP contribution >= 0.6 is 22.9 Å². The van der Waals surface area contributed by atoms with Crippen molar-refractivity contribution in [3.8, 4) is 0 Å². The highest BCUT2D eigenvalue weighted by Gasteiger charge is 2.42. The molecule has 0 spiro atoms. The predicted molar refractivity (Wildman–Crippen MR) is 96.5 cm³/mol. The maximum absolute atomic E-state index is 6.20. The SMILES string of the molecule is CC(Nc1nc(Cl)nc2sc3c(c12)CCC3)C1CC2CCC1C2. The van der Waals surface area contributed by atoms with Crippen LogP contribution in [-0.4, -0.2) is 16.0 Å². The summed E-state index contributed by atoms with van der Waals surface area (Å²) in [7, 11) is 0. The number of nitrogens with zero attached hydrogens (tertiary/aromatic N) is 2. The second kappa shape index (κ2) is 5.32. The molecule has 1 N–H and O–H groups in total. The van der Waals surface area contributed by atoms with Crippen molar-refractivity contribution in [1.29, 1.82) is 0 Å². The van der Waals surface area contributed by atoms with E-state index in [0.717, 1.165) is 34.8 Å². The summed E-state index contributed by atoms with van der Waals surface area (Å²) in [6.45, 7) is 2.33. The van der Waals surface area contributed by atoms with Crippen molar-refractivity contribution in [2.75, 3.05) is 5.32 Å². The molecule has 0 aliphatic heterocycles. The van der Waals surface area contributed by atoms with E-state index in [2.05, 4.69) is 22.2 Å². The van der Waals surface area contributed by atoms with Crippen molar-refractivity contribution in [2.24, 2.45) is 17.8 Å². The number of fused-ring (bicyclic) bond motifs is 5. The Morgan fingerprint density at radius 2 is 2.13 bits per heavy atom. The number of nitrogens with one attached hydrogen (secondary N) is 1. The van der Waals surface area contributed by atoms with Gasteiger partial charge in [0.1, 0.15) is 10.6 Å². The Morgan fingerprint density at radius 1 is 1.22 bits per heavy atom. The molecule has 0 amide bonds. The molecule has 0 saturated heterocycles. The van der Waals surface area contributed by atoms with Gasteiger partial charge in [0.2, 0.25) is 5.28 Å². The Hall–Kier alpha value is -0.870. The van der Waals surface area contributed by atoms with Crippen LogP contribution in [0.15, 0.2) is 0 Å². The molecular weight excluding hydrogens is 326 g/mol. The number of hydrogen-bond donors (Lipinski definition) is 1. The summed E-state index contributed by atoms with van der Waals surface area (Å²) in [5, 5.41) is 5.37. The minimum Gasteiger partial charge on any atom is -0.367 e. The molecule has 2 heterocycles. The van der Waals surface area contributed by atoms with Gasteiger partial charge in [-0.3, -0.25) is 0 Å². The fraction of sp³-hybridized carbons (Fsp3) is 0.667. The van der Waals surface area contributed by atoms with Crippen molar-refractivity contribution in [2.45, 2.75) is 57.9 Å². The van der Waals surface area contributed by atoms with Crippen molar-refractivity contribution in [1.82, 2.24) is 9.97 Å². The van der Waals surface area contributed by atoms with E-state index in [4.69, 9.17) is 11.6 Å². The third-order valence-electron chi connectivity index (χ3n) is 6.34. The van der Waals surface area contributed by atoms with Gasteiger partial charge in [0.05, 0.1) is 5.39 Å². The lowest BCUT2D eigenvalue weighted by molar-refractivity contribution is 0.304. The van der Waals surface area contributed by atoms with E-state index >= 15 is 0 Å². The molecule has 5 heteroatoms. The van der Waals surface area contributed by atoms with Crippen LogP contribution in [-0.2, 0) is 12.8 Å². The average molecular weight is 348 g/mol. The van der Waals surface area contributed by atoms with Crippen LogP contribution in [0.5, 0.6) is 0 Å². The van der Waals surface area contributed by atoms with Gasteiger partial charge in [0.15, 0.2) is 0 Å². The quantitative estimate of drug-likeness (QED) is 0.787. The Morgan fingerprint density at radius 3 is 2.91 bits per heavy atom. The van der Waals surface area contributed by atoms with Gasteiger partial charge >= 0.3 is 0 Å². The largest absolute Gasteiger partial charge is 0.367 e. The number of halogens is 1. The number of hydrogen-bond acceptors (Lipinski definition) is 4. The molecule has 2 saturated carbocycles. The molecule has 2 aromatic heterocycles. The summed E-state index contributed by atoms with van der Waals surface area (Å²) in [4.78, 5) is 11.6. The number of thiophene rings is 1. The monoisotopic (exact) mass is 347 g/mol. The summed E-state index contributed by atoms with van der Waals surface area (Å²) in [6, 6.07) is 0.469. The fourth-order valence-corrected chi connectivity index (χ4v) is 6.78. The summed E-state index contributed by atoms with van der Waals surface area (Å²) in [5.41, 5.74) is 1.48. The van der Waals surface area contributed by atoms with Gasteiger partial charge in [0, 0.05) is 10.9 Å². The Bertz CT molecular complexity index is 771. The molecule has 0 radical (unpaired) electrons. The fourth-order valence-electron chi connectivity index (χ4n) is 5.30. The average Bonchev–Trinajstić information content (AvgIpc) is 3.26. The number of anilines is 1. The summed E-state index contributed by atoms with van der Waals surface area (Å²) < 4.78 is 0. The molecule has 5 rings (SSSR count). The highest BCUT2D eigenvalue weighted by molar-refractivity contribution is 7.19. The molecular formula is C18H22ClN3S. The highest BCUT2D eigenvalue weighted by Crippen LogP contribution is 2.50. The first-order chi connectivity index (χ1) is 11.2. The van der Waals surface area contributed by atoms with E-state index in [0.29, 0.717) is 11.3 Å². The van der Waals surface area contributed by atoms with Gasteiger partial charge in [0.25, 0.3) is 0 Å². The zero-order valence-electron chi connectivity index (χ0n) is 13.4. The molecule has 2 bridgehead atoms. The highest BCUT2D eigenvalue weighted by atomic mass is 35.5. The maximum Gasteiger partial charge on any atom is 0.225 e. The molecule has 3 aliphatic rings. The summed E-state index contributed by atoms with van der Waals surface area (Å²) >= 11 is 8.01. The molecule has 2 aromatic rings. The van der Waals surface area contributed by atoms with E-state index in [1.165, 1.54) is 54.4 Å². The molecule has 4 unspecified atom stereocenters. The number of aromatic nitrogens is 2. The van der Waals surface area contributed by atoms with E-state index < -0.39 is 0 Å². The molecule has 122 valence electrons. The van der Waals surface area contributed by atoms with Crippen LogP contribution in [0.25, 0.3) is 10.2 Å².